The van der Waals surface area contributed by atoms with Crippen molar-refractivity contribution in [2.75, 3.05) is 18.2 Å². The minimum absolute atomic E-state index is 0.00889. The number of hydrogen-bond acceptors (Lipinski definition) is 5. The number of thiophene rings is 1. The largest absolute Gasteiger partial charge is 0.477 e. The highest BCUT2D eigenvalue weighted by atomic mass is 32.1. The Hall–Kier alpha value is -1.87. The zero-order valence-corrected chi connectivity index (χ0v) is 23.4. The number of carboxylic acids is 1. The Labute approximate surface area is 213 Å². The molecule has 192 valence electrons. The number of carboxylic acid groups (broad SMARTS) is 1. The van der Waals surface area contributed by atoms with E-state index < -0.39 is 13.3 Å². The van der Waals surface area contributed by atoms with Gasteiger partial charge in [0, 0.05) is 30.7 Å². The fourth-order valence-corrected chi connectivity index (χ4v) is 6.44. The molecule has 3 rings (SSSR count). The minimum atomic E-state index is -2.60. The lowest BCUT2D eigenvalue weighted by atomic mass is 9.86. The van der Waals surface area contributed by atoms with Gasteiger partial charge in [-0.15, -0.1) is 11.3 Å². The van der Waals surface area contributed by atoms with Gasteiger partial charge in [0.25, 0.3) is 0 Å². The molecule has 0 spiro atoms. The molecule has 0 unspecified atom stereocenters. The maximum Gasteiger partial charge on any atom is 0.348 e. The molecule has 1 fully saturated rings. The number of nitrogens with zero attached hydrogens (tertiary/aromatic N) is 1. The van der Waals surface area contributed by atoms with E-state index in [4.69, 9.17) is 4.52 Å². The second-order valence-electron chi connectivity index (χ2n) is 11.1. The first-order valence-corrected chi connectivity index (χ1v) is 15.7. The molecule has 0 aliphatic heterocycles. The molecule has 2 aliphatic rings. The highest BCUT2D eigenvalue weighted by Crippen LogP contribution is 2.44. The Morgan fingerprint density at radius 3 is 2.34 bits per heavy atom. The number of anilines is 1. The predicted molar refractivity (Wildman–Crippen MR) is 143 cm³/mol. The van der Waals surface area contributed by atoms with E-state index in [1.54, 1.807) is 24.3 Å². The van der Waals surface area contributed by atoms with Gasteiger partial charge in [-0.05, 0) is 78.7 Å². The topological polar surface area (TPSA) is 83.9 Å². The second kappa shape index (κ2) is 11.0. The van der Waals surface area contributed by atoms with Crippen molar-refractivity contribution in [3.05, 3.63) is 27.5 Å². The Morgan fingerprint density at radius 2 is 1.83 bits per heavy atom. The maximum atomic E-state index is 13.9. The van der Waals surface area contributed by atoms with Crippen molar-refractivity contribution in [1.82, 2.24) is 0 Å². The summed E-state index contributed by atoms with van der Waals surface area (Å²) in [7, 11) is -2.60. The quantitative estimate of drug-likeness (QED) is 0.254. The van der Waals surface area contributed by atoms with Crippen LogP contribution in [-0.4, -0.2) is 42.5 Å². The highest BCUT2D eigenvalue weighted by molar-refractivity contribution is 7.57. The van der Waals surface area contributed by atoms with Gasteiger partial charge in [-0.1, -0.05) is 23.5 Å². The summed E-state index contributed by atoms with van der Waals surface area (Å²) >= 11 is 1.13. The van der Waals surface area contributed by atoms with Crippen molar-refractivity contribution in [3.8, 4) is 11.8 Å². The predicted octanol–water partition coefficient (Wildman–Crippen LogP) is 6.79. The summed E-state index contributed by atoms with van der Waals surface area (Å²) in [5.74, 6) is 5.08. The number of aromatic carboxylic acids is 1. The molecule has 0 aromatic carbocycles. The standard InChI is InChI=1S/C27H38NO5PS/c1-18-7-9-19(10-8-18)25(29)28(20-11-13-21(14-12-20)33-34(5,6)32)23-17-22(15-16-27(2,3)4)35-24(23)26(30)31/h7,17,19-21H,8-14H2,1-6H3,(H,30,31)/t19-,20?,21?/m1/s1. The number of amides is 1. The van der Waals surface area contributed by atoms with Gasteiger partial charge in [-0.3, -0.25) is 9.36 Å². The third kappa shape index (κ3) is 7.81. The van der Waals surface area contributed by atoms with Crippen LogP contribution in [0.1, 0.15) is 87.2 Å². The Kier molecular flexibility index (Phi) is 8.73. The van der Waals surface area contributed by atoms with Gasteiger partial charge >= 0.3 is 5.97 Å². The summed E-state index contributed by atoms with van der Waals surface area (Å²) in [5.41, 5.74) is 1.53. The Morgan fingerprint density at radius 1 is 1.17 bits per heavy atom. The van der Waals surface area contributed by atoms with E-state index in [-0.39, 0.29) is 34.3 Å². The van der Waals surface area contributed by atoms with Gasteiger partial charge in [0.05, 0.1) is 16.7 Å². The molecule has 2 aliphatic carbocycles. The van der Waals surface area contributed by atoms with E-state index in [2.05, 4.69) is 24.8 Å². The molecular weight excluding hydrogens is 481 g/mol. The average Bonchev–Trinajstić information content (AvgIpc) is 3.17. The van der Waals surface area contributed by atoms with E-state index in [1.165, 1.54) is 5.57 Å². The number of allylic oxidation sites excluding steroid dienone is 2. The fraction of sp³-hybridized carbons (Fsp3) is 0.630. The fourth-order valence-electron chi connectivity index (χ4n) is 4.67. The zero-order valence-electron chi connectivity index (χ0n) is 21.7. The van der Waals surface area contributed by atoms with Crippen molar-refractivity contribution in [1.29, 1.82) is 0 Å². The lowest BCUT2D eigenvalue weighted by molar-refractivity contribution is -0.123. The summed E-state index contributed by atoms with van der Waals surface area (Å²) < 4.78 is 17.9. The van der Waals surface area contributed by atoms with E-state index in [1.807, 2.05) is 20.8 Å². The van der Waals surface area contributed by atoms with E-state index in [0.29, 0.717) is 42.7 Å². The molecule has 35 heavy (non-hydrogen) atoms. The maximum absolute atomic E-state index is 13.9. The number of hydrogen-bond donors (Lipinski definition) is 1. The van der Waals surface area contributed by atoms with Gasteiger partial charge in [0.1, 0.15) is 4.88 Å². The minimum Gasteiger partial charge on any atom is -0.477 e. The third-order valence-electron chi connectivity index (χ3n) is 6.36. The monoisotopic (exact) mass is 519 g/mol. The molecule has 1 heterocycles. The Bertz CT molecular complexity index is 1090. The van der Waals surface area contributed by atoms with Crippen molar-refractivity contribution in [3.63, 3.8) is 0 Å². The van der Waals surface area contributed by atoms with Crippen LogP contribution in [-0.2, 0) is 13.9 Å². The molecule has 1 saturated carbocycles. The molecule has 6 nitrogen and oxygen atoms in total. The molecule has 1 amide bonds. The Balaban J connectivity index is 1.96. The van der Waals surface area contributed by atoms with Gasteiger partial charge in [0.2, 0.25) is 5.91 Å². The molecule has 1 atom stereocenters. The molecular formula is C27H38NO5PS. The van der Waals surface area contributed by atoms with Crippen molar-refractivity contribution in [2.24, 2.45) is 11.3 Å². The number of carbonyl (C=O) groups excluding carboxylic acids is 1. The average molecular weight is 520 g/mol. The number of rotatable bonds is 6. The zero-order chi connectivity index (χ0) is 26.0. The van der Waals surface area contributed by atoms with Crippen molar-refractivity contribution >= 4 is 36.3 Å². The van der Waals surface area contributed by atoms with Gasteiger partial charge in [-0.25, -0.2) is 4.79 Å². The molecule has 8 heteroatoms. The summed E-state index contributed by atoms with van der Waals surface area (Å²) in [6.45, 7) is 11.4. The van der Waals surface area contributed by atoms with Crippen LogP contribution in [0.25, 0.3) is 0 Å². The molecule has 0 saturated heterocycles. The molecule has 0 bridgehead atoms. The van der Waals surface area contributed by atoms with Gasteiger partial charge < -0.3 is 14.5 Å². The van der Waals surface area contributed by atoms with E-state index in [9.17, 15) is 19.3 Å². The van der Waals surface area contributed by atoms with Gasteiger partial charge in [0.15, 0.2) is 7.37 Å². The lowest BCUT2D eigenvalue weighted by Crippen LogP contribution is -2.46. The third-order valence-corrected chi connectivity index (χ3v) is 8.20. The highest BCUT2D eigenvalue weighted by Gasteiger charge is 2.37. The summed E-state index contributed by atoms with van der Waals surface area (Å²) in [5, 5.41) is 10.0. The molecule has 0 radical (unpaired) electrons. The smallest absolute Gasteiger partial charge is 0.348 e. The van der Waals surface area contributed by atoms with Crippen LogP contribution in [0.3, 0.4) is 0 Å². The first-order valence-electron chi connectivity index (χ1n) is 12.4. The van der Waals surface area contributed by atoms with Crippen LogP contribution in [0.4, 0.5) is 5.69 Å². The summed E-state index contributed by atoms with van der Waals surface area (Å²) in [4.78, 5) is 28.7. The van der Waals surface area contributed by atoms with Crippen LogP contribution in [0.5, 0.6) is 0 Å². The lowest BCUT2D eigenvalue weighted by Gasteiger charge is -2.39. The SMILES string of the molecule is CC1=CC[C@@H](C(=O)N(c2cc(C#CC(C)(C)C)sc2C(=O)O)C2CCC(OP(C)(C)=O)CC2)CC1. The molecule has 1 aromatic rings. The molecule has 1 aromatic heterocycles. The van der Waals surface area contributed by atoms with Crippen molar-refractivity contribution in [2.45, 2.75) is 84.8 Å². The van der Waals surface area contributed by atoms with E-state index in [0.717, 1.165) is 24.2 Å². The first kappa shape index (κ1) is 27.7. The van der Waals surface area contributed by atoms with Crippen LogP contribution >= 0.6 is 18.7 Å². The van der Waals surface area contributed by atoms with Crippen molar-refractivity contribution < 1.29 is 23.8 Å². The molecule has 1 N–H and O–H groups in total. The van der Waals surface area contributed by atoms with Gasteiger partial charge in [-0.2, -0.15) is 0 Å². The number of carbonyl (C=O) groups is 2. The summed E-state index contributed by atoms with van der Waals surface area (Å²) in [6, 6.07) is 1.65. The second-order valence-corrected chi connectivity index (χ2v) is 14.9. The first-order chi connectivity index (χ1) is 16.2. The van der Waals surface area contributed by atoms with Crippen LogP contribution in [0.2, 0.25) is 0 Å². The van der Waals surface area contributed by atoms with Crippen LogP contribution in [0, 0.1) is 23.2 Å². The normalized spacial score (nSPS) is 23.1. The summed E-state index contributed by atoms with van der Waals surface area (Å²) in [6.07, 6.45) is 7.09. The van der Waals surface area contributed by atoms with E-state index >= 15 is 0 Å². The van der Waals surface area contributed by atoms with Crippen LogP contribution in [0.15, 0.2) is 17.7 Å². The van der Waals surface area contributed by atoms with Crippen LogP contribution < -0.4 is 4.90 Å².